The summed E-state index contributed by atoms with van der Waals surface area (Å²) in [4.78, 5) is 11.2. The number of benzene rings is 4. The zero-order valence-electron chi connectivity index (χ0n) is 32.6. The molecule has 6 bridgehead atoms. The minimum absolute atomic E-state index is 0.591. The van der Waals surface area contributed by atoms with Gasteiger partial charge in [-0.3, -0.25) is 9.97 Å². The summed E-state index contributed by atoms with van der Waals surface area (Å²) in [6.07, 6.45) is 18.5. The molecule has 6 saturated carbocycles. The molecule has 4 aromatic carbocycles. The molecule has 0 saturated heterocycles. The first-order valence-electron chi connectivity index (χ1n) is 22.7. The normalized spacial score (nSPS) is 34.3. The van der Waals surface area contributed by atoms with Crippen LogP contribution in [0.2, 0.25) is 0 Å². The Balaban J connectivity index is 1.03. The Morgan fingerprint density at radius 2 is 1.10 bits per heavy atom. The van der Waals surface area contributed by atoms with Gasteiger partial charge in [-0.05, 0) is 163 Å². The number of pyridine rings is 2. The smallest absolute Gasteiger partial charge is 0.143 e. The number of rotatable bonds is 2. The van der Waals surface area contributed by atoms with Crippen molar-refractivity contribution in [1.29, 1.82) is 0 Å². The average molecular weight is 750 g/mol. The Morgan fingerprint density at radius 3 is 1.74 bits per heavy atom. The Labute approximate surface area is 336 Å². The molecule has 10 unspecified atom stereocenters. The second-order valence-electron chi connectivity index (χ2n) is 21.0. The molecule has 0 radical (unpaired) electrons. The van der Waals surface area contributed by atoms with E-state index in [2.05, 4.69) is 95.7 Å². The summed E-state index contributed by atoms with van der Waals surface area (Å²) in [6, 6.07) is 29.5. The van der Waals surface area contributed by atoms with Crippen LogP contribution in [0.1, 0.15) is 110 Å². The van der Waals surface area contributed by atoms with Gasteiger partial charge in [-0.15, -0.1) is 0 Å². The fourth-order valence-corrected chi connectivity index (χ4v) is 17.3. The maximum absolute atomic E-state index is 6.87. The predicted octanol–water partition coefficient (Wildman–Crippen LogP) is 13.6. The monoisotopic (exact) mass is 749 g/mol. The standard InChI is InChI=1S/C54H43N3O/c1-2-6-26(7-3-1)44-36(10-11-38-37-8-4-5-9-43(37)58-52(38)44)27-16-39-47-41(24-55-49-30-14-34-18-32-12-28(45(47)49)20-53(32,34)22-30)57-42-25-56-50-31-15-35-19-33-13-29(21-54(33,35)23-31)46(50)48(42)40(17-27)51(39)57/h1-11,16-17,24-25,28-35H,12-15,18-23H2. The van der Waals surface area contributed by atoms with Crippen LogP contribution in [0.4, 0.5) is 0 Å². The largest absolute Gasteiger partial charge is 0.455 e. The van der Waals surface area contributed by atoms with Crippen LogP contribution in [0.3, 0.4) is 0 Å². The van der Waals surface area contributed by atoms with E-state index in [-0.39, 0.29) is 0 Å². The third-order valence-electron chi connectivity index (χ3n) is 19.3. The first-order valence-corrected chi connectivity index (χ1v) is 22.7. The van der Waals surface area contributed by atoms with Crippen LogP contribution in [0, 0.1) is 34.5 Å². The van der Waals surface area contributed by atoms with Crippen LogP contribution in [0.15, 0.2) is 95.7 Å². The van der Waals surface area contributed by atoms with Gasteiger partial charge in [0.25, 0.3) is 0 Å². The lowest BCUT2D eigenvalue weighted by Gasteiger charge is -2.48. The van der Waals surface area contributed by atoms with Crippen LogP contribution < -0.4 is 0 Å². The second kappa shape index (κ2) is 9.46. The lowest BCUT2D eigenvalue weighted by atomic mass is 9.56. The van der Waals surface area contributed by atoms with Crippen LogP contribution in [-0.4, -0.2) is 14.4 Å². The maximum Gasteiger partial charge on any atom is 0.143 e. The zero-order chi connectivity index (χ0) is 37.0. The minimum atomic E-state index is 0.591. The number of hydrogen-bond donors (Lipinski definition) is 0. The summed E-state index contributed by atoms with van der Waals surface area (Å²) in [5.41, 5.74) is 18.3. The van der Waals surface area contributed by atoms with Gasteiger partial charge in [0.05, 0.1) is 28.9 Å². The molecule has 0 N–H and O–H groups in total. The van der Waals surface area contributed by atoms with Crippen LogP contribution in [0.5, 0.6) is 0 Å². The van der Waals surface area contributed by atoms with Crippen LogP contribution in [-0.2, 0) is 0 Å². The zero-order valence-corrected chi connectivity index (χ0v) is 32.6. The molecule has 5 aromatic heterocycles. The summed E-state index contributed by atoms with van der Waals surface area (Å²) >= 11 is 0. The first-order chi connectivity index (χ1) is 28.6. The molecule has 280 valence electrons. The molecule has 4 heteroatoms. The summed E-state index contributed by atoms with van der Waals surface area (Å²) in [5.74, 6) is 6.17. The van der Waals surface area contributed by atoms with Crippen LogP contribution >= 0.6 is 0 Å². The Hall–Kier alpha value is -5.22. The van der Waals surface area contributed by atoms with Gasteiger partial charge in [0, 0.05) is 61.1 Å². The Morgan fingerprint density at radius 1 is 0.534 bits per heavy atom. The Kier molecular flexibility index (Phi) is 4.88. The molecule has 0 amide bonds. The van der Waals surface area contributed by atoms with Crippen molar-refractivity contribution in [1.82, 2.24) is 14.4 Å². The SMILES string of the molecule is c1ccc(-c2c(-c3cc4c5c6c(ncc5n5c7cnc8c(c7c(c3)c45)C3CC4CC5CC8CC54C3)C3CC4CC5CC6CC45C3)ccc3c2oc2ccccc23)cc1. The molecule has 2 spiro atoms. The van der Waals surface area contributed by atoms with Crippen molar-refractivity contribution >= 4 is 60.0 Å². The second-order valence-corrected chi connectivity index (χ2v) is 21.0. The number of fused-ring (bicyclic) bond motifs is 21. The fraction of sp³-hybridized carbons (Fsp3) is 0.370. The van der Waals surface area contributed by atoms with E-state index in [4.69, 9.17) is 14.4 Å². The van der Waals surface area contributed by atoms with Crippen LogP contribution in [0.25, 0.3) is 82.3 Å². The quantitative estimate of drug-likeness (QED) is 0.177. The van der Waals surface area contributed by atoms with E-state index >= 15 is 0 Å². The first kappa shape index (κ1) is 29.9. The van der Waals surface area contributed by atoms with E-state index in [1.165, 1.54) is 147 Å². The molecule has 8 aliphatic rings. The topological polar surface area (TPSA) is 43.3 Å². The molecule has 9 aromatic rings. The minimum Gasteiger partial charge on any atom is -0.455 e. The number of hydrogen-bond acceptors (Lipinski definition) is 3. The van der Waals surface area contributed by atoms with Crippen molar-refractivity contribution in [2.45, 2.75) is 87.9 Å². The van der Waals surface area contributed by atoms with Gasteiger partial charge in [-0.1, -0.05) is 54.6 Å². The van der Waals surface area contributed by atoms with Crippen molar-refractivity contribution in [2.75, 3.05) is 0 Å². The number of nitrogens with zero attached hydrogens (tertiary/aromatic N) is 3. The highest BCUT2D eigenvalue weighted by molar-refractivity contribution is 6.26. The van der Waals surface area contributed by atoms with Crippen molar-refractivity contribution in [3.05, 3.63) is 114 Å². The highest BCUT2D eigenvalue weighted by atomic mass is 16.3. The molecule has 58 heavy (non-hydrogen) atoms. The highest BCUT2D eigenvalue weighted by Gasteiger charge is 2.67. The molecule has 17 rings (SSSR count). The van der Waals surface area contributed by atoms with Gasteiger partial charge < -0.3 is 8.82 Å². The molecule has 8 aliphatic carbocycles. The van der Waals surface area contributed by atoms with Crippen molar-refractivity contribution < 1.29 is 4.42 Å². The maximum atomic E-state index is 6.87. The van der Waals surface area contributed by atoms with Gasteiger partial charge in [0.15, 0.2) is 0 Å². The Bertz CT molecular complexity index is 3250. The average Bonchev–Trinajstić information content (AvgIpc) is 4.09. The lowest BCUT2D eigenvalue weighted by Crippen LogP contribution is -2.41. The van der Waals surface area contributed by atoms with Crippen molar-refractivity contribution in [3.63, 3.8) is 0 Å². The van der Waals surface area contributed by atoms with E-state index < -0.39 is 0 Å². The van der Waals surface area contributed by atoms with Gasteiger partial charge in [-0.2, -0.15) is 0 Å². The predicted molar refractivity (Wildman–Crippen MR) is 231 cm³/mol. The number of furan rings is 1. The van der Waals surface area contributed by atoms with Crippen molar-refractivity contribution in [2.24, 2.45) is 34.5 Å². The van der Waals surface area contributed by atoms with E-state index in [1.807, 2.05) is 0 Å². The summed E-state index contributed by atoms with van der Waals surface area (Å²) < 4.78 is 9.53. The van der Waals surface area contributed by atoms with E-state index in [1.54, 1.807) is 11.1 Å². The third-order valence-corrected chi connectivity index (χ3v) is 19.3. The van der Waals surface area contributed by atoms with Gasteiger partial charge in [0.1, 0.15) is 11.2 Å². The summed E-state index contributed by atoms with van der Waals surface area (Å²) in [5, 5.41) is 8.23. The van der Waals surface area contributed by atoms with Crippen molar-refractivity contribution in [3.8, 4) is 22.3 Å². The molecule has 4 nitrogen and oxygen atoms in total. The van der Waals surface area contributed by atoms with Gasteiger partial charge in [0.2, 0.25) is 0 Å². The molecular weight excluding hydrogens is 707 g/mol. The van der Waals surface area contributed by atoms with Gasteiger partial charge >= 0.3 is 0 Å². The van der Waals surface area contributed by atoms with E-state index in [0.29, 0.717) is 34.5 Å². The van der Waals surface area contributed by atoms with E-state index in [0.717, 1.165) is 34.8 Å². The molecule has 5 heterocycles. The third kappa shape index (κ3) is 3.12. The molecular formula is C54H43N3O. The molecule has 10 atom stereocenters. The highest BCUT2D eigenvalue weighted by Crippen LogP contribution is 2.78. The lowest BCUT2D eigenvalue weighted by molar-refractivity contribution is 0.00321. The number of aromatic nitrogens is 3. The summed E-state index contributed by atoms with van der Waals surface area (Å²) in [6.45, 7) is 0. The fourth-order valence-electron chi connectivity index (χ4n) is 17.3. The van der Waals surface area contributed by atoms with Gasteiger partial charge in [-0.25, -0.2) is 0 Å². The molecule has 6 fully saturated rings. The molecule has 0 aliphatic heterocycles. The number of para-hydroxylation sites is 1. The van der Waals surface area contributed by atoms with E-state index in [9.17, 15) is 0 Å². The summed E-state index contributed by atoms with van der Waals surface area (Å²) in [7, 11) is 0.